The van der Waals surface area contributed by atoms with E-state index < -0.39 is 10.1 Å². The van der Waals surface area contributed by atoms with Crippen LogP contribution in [0.4, 0.5) is 17.1 Å². The summed E-state index contributed by atoms with van der Waals surface area (Å²) in [5, 5.41) is 9.04. The number of rotatable bonds is 6. The van der Waals surface area contributed by atoms with E-state index in [0.717, 1.165) is 5.69 Å². The molecule has 0 aliphatic carbocycles. The lowest BCUT2D eigenvalue weighted by Crippen LogP contribution is -2.01. The van der Waals surface area contributed by atoms with E-state index in [-0.39, 0.29) is 16.3 Å². The van der Waals surface area contributed by atoms with Gasteiger partial charge in [0.05, 0.1) is 17.1 Å². The average molecular weight is 434 g/mol. The number of hydrogen-bond donors (Lipinski definition) is 2. The molecule has 4 rings (SSSR count). The lowest BCUT2D eigenvalue weighted by Gasteiger charge is -2.09. The van der Waals surface area contributed by atoms with E-state index in [0.29, 0.717) is 28.8 Å². The maximum atomic E-state index is 11.8. The van der Waals surface area contributed by atoms with Crippen molar-refractivity contribution < 1.29 is 17.7 Å². The Balaban J connectivity index is 1.64. The summed E-state index contributed by atoms with van der Waals surface area (Å²) in [5.74, 6) is 0.576. The minimum atomic E-state index is -4.48. The fourth-order valence-electron chi connectivity index (χ4n) is 3.03. The van der Waals surface area contributed by atoms with Gasteiger partial charge in [0, 0.05) is 23.0 Å². The summed E-state index contributed by atoms with van der Waals surface area (Å²) < 4.78 is 39.0. The van der Waals surface area contributed by atoms with Crippen molar-refractivity contribution in [1.29, 1.82) is 0 Å². The Bertz CT molecular complexity index is 1370. The van der Waals surface area contributed by atoms with Gasteiger partial charge in [-0.3, -0.25) is 9.54 Å². The molecule has 9 heteroatoms. The summed E-state index contributed by atoms with van der Waals surface area (Å²) in [6.07, 6.45) is 1.69. The van der Waals surface area contributed by atoms with Gasteiger partial charge in [0.25, 0.3) is 10.1 Å². The first-order valence-corrected chi connectivity index (χ1v) is 10.7. The number of aromatic nitrogens is 1. The van der Waals surface area contributed by atoms with Crippen LogP contribution < -0.4 is 10.5 Å². The van der Waals surface area contributed by atoms with Crippen molar-refractivity contribution >= 4 is 38.0 Å². The first kappa shape index (κ1) is 20.5. The minimum Gasteiger partial charge on any atom is -0.487 e. The first-order chi connectivity index (χ1) is 14.9. The molecule has 3 aromatic carbocycles. The van der Waals surface area contributed by atoms with Gasteiger partial charge in [-0.25, -0.2) is 0 Å². The number of nitrogens with two attached hydrogens (primary N) is 1. The molecule has 31 heavy (non-hydrogen) atoms. The molecular weight excluding hydrogens is 416 g/mol. The monoisotopic (exact) mass is 434 g/mol. The van der Waals surface area contributed by atoms with Crippen molar-refractivity contribution in [1.82, 2.24) is 4.98 Å². The Kier molecular flexibility index (Phi) is 5.61. The number of hydrogen-bond acceptors (Lipinski definition) is 7. The zero-order chi connectivity index (χ0) is 21.8. The maximum absolute atomic E-state index is 11.8. The standard InChI is InChI=1S/C22H18N4O4S/c23-22-19-10-2-1-9-18(19)21(31(27,28)29)13-20(22)26-25-15-7-5-8-17(12-15)30-14-16-6-3-4-11-24-16/h1-13H,14,23H2,(H,27,28,29)/b26-25+. The number of azo groups is 1. The van der Waals surface area contributed by atoms with E-state index in [1.807, 2.05) is 18.2 Å². The highest BCUT2D eigenvalue weighted by Crippen LogP contribution is 2.36. The number of ether oxygens (including phenoxy) is 1. The molecule has 0 atom stereocenters. The van der Waals surface area contributed by atoms with Crippen molar-refractivity contribution in [3.8, 4) is 5.75 Å². The van der Waals surface area contributed by atoms with Gasteiger partial charge in [-0.1, -0.05) is 36.4 Å². The zero-order valence-electron chi connectivity index (χ0n) is 16.2. The van der Waals surface area contributed by atoms with E-state index in [1.165, 1.54) is 6.07 Å². The van der Waals surface area contributed by atoms with Crippen LogP contribution in [0.3, 0.4) is 0 Å². The van der Waals surface area contributed by atoms with Crippen LogP contribution in [-0.2, 0) is 16.7 Å². The third kappa shape index (κ3) is 4.68. The van der Waals surface area contributed by atoms with Crippen molar-refractivity contribution in [2.24, 2.45) is 10.2 Å². The summed E-state index contributed by atoms with van der Waals surface area (Å²) in [6, 6.07) is 20.3. The predicted molar refractivity (Wildman–Crippen MR) is 117 cm³/mol. The van der Waals surface area contributed by atoms with Gasteiger partial charge >= 0.3 is 0 Å². The Labute approximate surface area is 178 Å². The molecule has 0 amide bonds. The summed E-state index contributed by atoms with van der Waals surface area (Å²) in [5.41, 5.74) is 7.84. The molecule has 1 heterocycles. The van der Waals surface area contributed by atoms with Crippen LogP contribution in [0.25, 0.3) is 10.8 Å². The van der Waals surface area contributed by atoms with Crippen molar-refractivity contribution in [2.75, 3.05) is 5.73 Å². The summed E-state index contributed by atoms with van der Waals surface area (Å²) in [6.45, 7) is 0.302. The van der Waals surface area contributed by atoms with Crippen molar-refractivity contribution in [3.05, 3.63) is 84.7 Å². The third-order valence-corrected chi connectivity index (χ3v) is 5.40. The topological polar surface area (TPSA) is 127 Å². The maximum Gasteiger partial charge on any atom is 0.295 e. The van der Waals surface area contributed by atoms with E-state index in [9.17, 15) is 13.0 Å². The predicted octanol–water partition coefficient (Wildman–Crippen LogP) is 5.06. The summed E-state index contributed by atoms with van der Waals surface area (Å²) in [4.78, 5) is 3.93. The molecule has 8 nitrogen and oxygen atoms in total. The lowest BCUT2D eigenvalue weighted by molar-refractivity contribution is 0.301. The third-order valence-electron chi connectivity index (χ3n) is 4.51. The molecule has 0 saturated carbocycles. The van der Waals surface area contributed by atoms with Crippen LogP contribution in [0.2, 0.25) is 0 Å². The summed E-state index contributed by atoms with van der Waals surface area (Å²) >= 11 is 0. The smallest absolute Gasteiger partial charge is 0.295 e. The molecule has 0 bridgehead atoms. The highest BCUT2D eigenvalue weighted by Gasteiger charge is 2.18. The average Bonchev–Trinajstić information content (AvgIpc) is 2.77. The molecule has 4 aromatic rings. The van der Waals surface area contributed by atoms with Crippen LogP contribution in [0.1, 0.15) is 5.69 Å². The zero-order valence-corrected chi connectivity index (χ0v) is 17.0. The van der Waals surface area contributed by atoms with Crippen LogP contribution >= 0.6 is 0 Å². The van der Waals surface area contributed by atoms with Crippen LogP contribution in [0, 0.1) is 0 Å². The quantitative estimate of drug-likeness (QED) is 0.248. The van der Waals surface area contributed by atoms with E-state index in [4.69, 9.17) is 10.5 Å². The fourth-order valence-corrected chi connectivity index (χ4v) is 3.75. The molecule has 0 aliphatic heterocycles. The highest BCUT2D eigenvalue weighted by molar-refractivity contribution is 7.86. The molecule has 0 spiro atoms. The van der Waals surface area contributed by atoms with Gasteiger partial charge in [0.2, 0.25) is 0 Å². The normalized spacial score (nSPS) is 11.8. The van der Waals surface area contributed by atoms with Crippen LogP contribution in [0.15, 0.2) is 94.1 Å². The SMILES string of the molecule is Nc1c(/N=N/c2cccc(OCc3ccccn3)c2)cc(S(=O)(=O)O)c2ccccc12. The van der Waals surface area contributed by atoms with Gasteiger partial charge in [0.15, 0.2) is 0 Å². The van der Waals surface area contributed by atoms with Crippen LogP contribution in [-0.4, -0.2) is 18.0 Å². The molecule has 0 aliphatic rings. The minimum absolute atomic E-state index is 0.131. The Morgan fingerprint density at radius 2 is 1.71 bits per heavy atom. The van der Waals surface area contributed by atoms with Gasteiger partial charge in [-0.15, -0.1) is 5.11 Å². The second kappa shape index (κ2) is 8.50. The highest BCUT2D eigenvalue weighted by atomic mass is 32.2. The molecule has 3 N–H and O–H groups in total. The largest absolute Gasteiger partial charge is 0.487 e. The van der Waals surface area contributed by atoms with Gasteiger partial charge in [-0.2, -0.15) is 13.5 Å². The van der Waals surface area contributed by atoms with Gasteiger partial charge < -0.3 is 10.5 Å². The van der Waals surface area contributed by atoms with E-state index >= 15 is 0 Å². The molecular formula is C22H18N4O4S. The molecule has 0 unspecified atom stereocenters. The fraction of sp³-hybridized carbons (Fsp3) is 0.0455. The van der Waals surface area contributed by atoms with E-state index in [2.05, 4.69) is 15.2 Å². The van der Waals surface area contributed by atoms with Crippen molar-refractivity contribution in [3.63, 3.8) is 0 Å². The van der Waals surface area contributed by atoms with Gasteiger partial charge in [0.1, 0.15) is 22.9 Å². The first-order valence-electron chi connectivity index (χ1n) is 9.25. The lowest BCUT2D eigenvalue weighted by atomic mass is 10.1. The number of nitrogens with zero attached hydrogens (tertiary/aromatic N) is 3. The van der Waals surface area contributed by atoms with Gasteiger partial charge in [-0.05, 0) is 30.3 Å². The van der Waals surface area contributed by atoms with E-state index in [1.54, 1.807) is 54.7 Å². The van der Waals surface area contributed by atoms with Crippen molar-refractivity contribution in [2.45, 2.75) is 11.5 Å². The second-order valence-electron chi connectivity index (χ2n) is 6.64. The Morgan fingerprint density at radius 1 is 0.935 bits per heavy atom. The number of pyridine rings is 1. The number of benzene rings is 3. The molecule has 1 aromatic heterocycles. The van der Waals surface area contributed by atoms with Crippen LogP contribution in [0.5, 0.6) is 5.75 Å². The molecule has 156 valence electrons. The molecule has 0 radical (unpaired) electrons. The molecule has 0 fully saturated rings. The second-order valence-corrected chi connectivity index (χ2v) is 8.03. The number of fused-ring (bicyclic) bond motifs is 1. The number of anilines is 1. The Morgan fingerprint density at radius 3 is 2.45 bits per heavy atom. The Hall–Kier alpha value is -3.82. The molecule has 0 saturated heterocycles. The summed E-state index contributed by atoms with van der Waals surface area (Å²) in [7, 11) is -4.48. The number of nitrogen functional groups attached to an aromatic ring is 1.